The van der Waals surface area contributed by atoms with Crippen LogP contribution in [0.15, 0.2) is 0 Å². The van der Waals surface area contributed by atoms with Crippen LogP contribution in [0.3, 0.4) is 0 Å². The van der Waals surface area contributed by atoms with Crippen LogP contribution in [-0.4, -0.2) is 4.87 Å². The summed E-state index contributed by atoms with van der Waals surface area (Å²) in [5.74, 6) is 0. The summed E-state index contributed by atoms with van der Waals surface area (Å²) in [7, 11) is 0. The summed E-state index contributed by atoms with van der Waals surface area (Å²) in [6.07, 6.45) is 7.78. The summed E-state index contributed by atoms with van der Waals surface area (Å²) >= 11 is 6.08. The van der Waals surface area contributed by atoms with Gasteiger partial charge in [0.2, 0.25) is 0 Å². The molecule has 0 aromatic carbocycles. The third-order valence-electron chi connectivity index (χ3n) is 2.02. The lowest BCUT2D eigenvalue weighted by molar-refractivity contribution is 0.639. The van der Waals surface area contributed by atoms with E-state index >= 15 is 0 Å². The molecule has 0 nitrogen and oxygen atoms in total. The second kappa shape index (κ2) is 2.92. The molecule has 0 unspecified atom stereocenters. The van der Waals surface area contributed by atoms with Gasteiger partial charge in [-0.2, -0.15) is 0 Å². The van der Waals surface area contributed by atoms with E-state index < -0.39 is 0 Å². The third-order valence-corrected chi connectivity index (χ3v) is 2.59. The van der Waals surface area contributed by atoms with Crippen molar-refractivity contribution in [3.05, 3.63) is 0 Å². The monoisotopic (exact) mass is 146 g/mol. The SMILES string of the molecule is CCCCCC1(Cl)CC1. The first-order chi connectivity index (χ1) is 4.27. The summed E-state index contributed by atoms with van der Waals surface area (Å²) in [5.41, 5.74) is 0. The summed E-state index contributed by atoms with van der Waals surface area (Å²) < 4.78 is 0. The summed E-state index contributed by atoms with van der Waals surface area (Å²) in [6.45, 7) is 2.23. The molecule has 0 spiro atoms. The zero-order chi connectivity index (χ0) is 6.74. The average molecular weight is 147 g/mol. The molecule has 54 valence electrons. The molecule has 1 aliphatic carbocycles. The van der Waals surface area contributed by atoms with Gasteiger partial charge in [-0.25, -0.2) is 0 Å². The molecule has 0 aliphatic heterocycles. The van der Waals surface area contributed by atoms with E-state index in [0.29, 0.717) is 0 Å². The van der Waals surface area contributed by atoms with E-state index in [1.807, 2.05) is 0 Å². The Morgan fingerprint density at radius 1 is 1.33 bits per heavy atom. The number of alkyl halides is 1. The zero-order valence-electron chi connectivity index (χ0n) is 6.12. The minimum absolute atomic E-state index is 0.273. The Bertz CT molecular complexity index is 84.6. The minimum atomic E-state index is 0.273. The lowest BCUT2D eigenvalue weighted by atomic mass is 10.1. The summed E-state index contributed by atoms with van der Waals surface area (Å²) in [6, 6.07) is 0. The first-order valence-corrected chi connectivity index (χ1v) is 4.33. The average Bonchev–Trinajstić information content (AvgIpc) is 2.50. The largest absolute Gasteiger partial charge is 0.119 e. The molecule has 0 atom stereocenters. The van der Waals surface area contributed by atoms with Crippen LogP contribution in [-0.2, 0) is 0 Å². The summed E-state index contributed by atoms with van der Waals surface area (Å²) in [4.78, 5) is 0.273. The van der Waals surface area contributed by atoms with Crippen molar-refractivity contribution in [2.75, 3.05) is 0 Å². The maximum absolute atomic E-state index is 6.08. The maximum Gasteiger partial charge on any atom is 0.0448 e. The maximum atomic E-state index is 6.08. The van der Waals surface area contributed by atoms with E-state index in [-0.39, 0.29) is 4.87 Å². The molecular formula is C8H15Cl. The van der Waals surface area contributed by atoms with Gasteiger partial charge in [-0.1, -0.05) is 26.2 Å². The second-order valence-electron chi connectivity index (χ2n) is 3.11. The third kappa shape index (κ3) is 2.57. The molecule has 0 aromatic heterocycles. The molecule has 0 radical (unpaired) electrons. The lowest BCUT2D eigenvalue weighted by Gasteiger charge is -2.02. The van der Waals surface area contributed by atoms with Crippen LogP contribution in [0.5, 0.6) is 0 Å². The van der Waals surface area contributed by atoms with E-state index in [0.717, 1.165) is 0 Å². The Hall–Kier alpha value is 0.290. The predicted molar refractivity (Wildman–Crippen MR) is 42.0 cm³/mol. The topological polar surface area (TPSA) is 0 Å². The molecular weight excluding hydrogens is 132 g/mol. The number of unbranched alkanes of at least 4 members (excludes halogenated alkanes) is 2. The van der Waals surface area contributed by atoms with Crippen molar-refractivity contribution in [2.45, 2.75) is 50.3 Å². The number of hydrogen-bond acceptors (Lipinski definition) is 0. The number of rotatable bonds is 4. The normalized spacial score (nSPS) is 22.0. The molecule has 0 bridgehead atoms. The Labute approximate surface area is 62.6 Å². The van der Waals surface area contributed by atoms with Gasteiger partial charge in [-0.05, 0) is 19.3 Å². The zero-order valence-corrected chi connectivity index (χ0v) is 6.88. The Balaban J connectivity index is 1.92. The van der Waals surface area contributed by atoms with Gasteiger partial charge in [0.15, 0.2) is 0 Å². The van der Waals surface area contributed by atoms with Gasteiger partial charge in [0.05, 0.1) is 0 Å². The molecule has 0 saturated heterocycles. The van der Waals surface area contributed by atoms with Gasteiger partial charge in [-0.15, -0.1) is 11.6 Å². The highest BCUT2D eigenvalue weighted by Gasteiger charge is 2.39. The highest BCUT2D eigenvalue weighted by atomic mass is 35.5. The van der Waals surface area contributed by atoms with Gasteiger partial charge in [-0.3, -0.25) is 0 Å². The second-order valence-corrected chi connectivity index (χ2v) is 3.91. The standard InChI is InChI=1S/C8H15Cl/c1-2-3-4-5-8(9)6-7-8/h2-7H2,1H3. The highest BCUT2D eigenvalue weighted by Crippen LogP contribution is 2.46. The van der Waals surface area contributed by atoms with Gasteiger partial charge in [0.1, 0.15) is 0 Å². The quantitative estimate of drug-likeness (QED) is 0.422. The fraction of sp³-hybridized carbons (Fsp3) is 1.00. The van der Waals surface area contributed by atoms with Crippen LogP contribution in [0.4, 0.5) is 0 Å². The van der Waals surface area contributed by atoms with Crippen molar-refractivity contribution in [1.29, 1.82) is 0 Å². The first kappa shape index (κ1) is 7.40. The molecule has 1 rings (SSSR count). The fourth-order valence-electron chi connectivity index (χ4n) is 1.08. The first-order valence-electron chi connectivity index (χ1n) is 3.96. The van der Waals surface area contributed by atoms with Gasteiger partial charge >= 0.3 is 0 Å². The molecule has 1 aliphatic rings. The van der Waals surface area contributed by atoms with Crippen LogP contribution in [0.25, 0.3) is 0 Å². The lowest BCUT2D eigenvalue weighted by Crippen LogP contribution is -1.95. The summed E-state index contributed by atoms with van der Waals surface area (Å²) in [5, 5.41) is 0. The molecule has 0 N–H and O–H groups in total. The van der Waals surface area contributed by atoms with E-state index in [9.17, 15) is 0 Å². The van der Waals surface area contributed by atoms with E-state index in [1.165, 1.54) is 38.5 Å². The van der Waals surface area contributed by atoms with Crippen molar-refractivity contribution in [3.8, 4) is 0 Å². The van der Waals surface area contributed by atoms with Gasteiger partial charge in [0.25, 0.3) is 0 Å². The number of halogens is 1. The fourth-order valence-corrected chi connectivity index (χ4v) is 1.31. The Kier molecular flexibility index (Phi) is 2.40. The molecule has 0 amide bonds. The molecule has 1 saturated carbocycles. The van der Waals surface area contributed by atoms with Crippen molar-refractivity contribution < 1.29 is 0 Å². The van der Waals surface area contributed by atoms with Crippen molar-refractivity contribution in [2.24, 2.45) is 0 Å². The molecule has 1 heteroatoms. The van der Waals surface area contributed by atoms with E-state index in [4.69, 9.17) is 11.6 Å². The van der Waals surface area contributed by atoms with E-state index in [2.05, 4.69) is 6.92 Å². The molecule has 0 heterocycles. The van der Waals surface area contributed by atoms with Crippen LogP contribution < -0.4 is 0 Å². The van der Waals surface area contributed by atoms with Crippen LogP contribution in [0.2, 0.25) is 0 Å². The molecule has 9 heavy (non-hydrogen) atoms. The van der Waals surface area contributed by atoms with Gasteiger partial charge in [0, 0.05) is 4.87 Å². The smallest absolute Gasteiger partial charge is 0.0448 e. The van der Waals surface area contributed by atoms with Crippen molar-refractivity contribution >= 4 is 11.6 Å². The highest BCUT2D eigenvalue weighted by molar-refractivity contribution is 6.25. The van der Waals surface area contributed by atoms with Crippen LogP contribution >= 0.6 is 11.6 Å². The molecule has 1 fully saturated rings. The minimum Gasteiger partial charge on any atom is -0.119 e. The predicted octanol–water partition coefficient (Wildman–Crippen LogP) is 3.34. The van der Waals surface area contributed by atoms with Crippen LogP contribution in [0, 0.1) is 0 Å². The molecule has 0 aromatic rings. The number of hydrogen-bond donors (Lipinski definition) is 0. The van der Waals surface area contributed by atoms with Crippen LogP contribution in [0.1, 0.15) is 45.4 Å². The Morgan fingerprint density at radius 2 is 2.00 bits per heavy atom. The van der Waals surface area contributed by atoms with Crippen molar-refractivity contribution in [3.63, 3.8) is 0 Å². The van der Waals surface area contributed by atoms with Gasteiger partial charge < -0.3 is 0 Å². The van der Waals surface area contributed by atoms with Crippen molar-refractivity contribution in [1.82, 2.24) is 0 Å². The Morgan fingerprint density at radius 3 is 2.44 bits per heavy atom. The van der Waals surface area contributed by atoms with E-state index in [1.54, 1.807) is 0 Å².